The Morgan fingerprint density at radius 3 is 2.43 bits per heavy atom. The minimum Gasteiger partial charge on any atom is -0.494 e. The van der Waals surface area contributed by atoms with Gasteiger partial charge in [0.05, 0.1) is 12.0 Å². The van der Waals surface area contributed by atoms with E-state index in [4.69, 9.17) is 4.74 Å². The van der Waals surface area contributed by atoms with Gasteiger partial charge in [0.2, 0.25) is 10.0 Å². The van der Waals surface area contributed by atoms with Gasteiger partial charge >= 0.3 is 0 Å². The quantitative estimate of drug-likeness (QED) is 0.906. The molecule has 8 heteroatoms. The lowest BCUT2D eigenvalue weighted by molar-refractivity contribution is 0.298. The Hall–Kier alpha value is -0.890. The van der Waals surface area contributed by atoms with Gasteiger partial charge < -0.3 is 10.1 Å². The van der Waals surface area contributed by atoms with E-state index in [0.29, 0.717) is 19.1 Å². The van der Waals surface area contributed by atoms with Crippen LogP contribution in [0.1, 0.15) is 12.8 Å². The third-order valence-corrected chi connectivity index (χ3v) is 5.52. The maximum absolute atomic E-state index is 13.6. The molecule has 5 nitrogen and oxygen atoms in total. The fourth-order valence-electron chi connectivity index (χ4n) is 2.34. The molecule has 0 spiro atoms. The first-order chi connectivity index (χ1) is 9.48. The largest absolute Gasteiger partial charge is 0.494 e. The Labute approximate surface area is 130 Å². The van der Waals surface area contributed by atoms with E-state index in [-0.39, 0.29) is 23.1 Å². The molecule has 1 heterocycles. The van der Waals surface area contributed by atoms with Crippen molar-refractivity contribution in [2.45, 2.75) is 23.8 Å². The van der Waals surface area contributed by atoms with Crippen LogP contribution >= 0.6 is 12.4 Å². The number of sulfonamides is 1. The second-order valence-corrected chi connectivity index (χ2v) is 6.70. The Morgan fingerprint density at radius 1 is 1.33 bits per heavy atom. The molecule has 1 fully saturated rings. The molecule has 0 unspecified atom stereocenters. The van der Waals surface area contributed by atoms with E-state index in [2.05, 4.69) is 5.32 Å². The van der Waals surface area contributed by atoms with E-state index >= 15 is 0 Å². The number of benzene rings is 1. The van der Waals surface area contributed by atoms with Gasteiger partial charge in [-0.25, -0.2) is 12.8 Å². The van der Waals surface area contributed by atoms with E-state index in [1.165, 1.54) is 23.5 Å². The van der Waals surface area contributed by atoms with Crippen LogP contribution in [0.4, 0.5) is 4.39 Å². The molecule has 1 aliphatic heterocycles. The van der Waals surface area contributed by atoms with Gasteiger partial charge in [-0.15, -0.1) is 12.4 Å². The maximum atomic E-state index is 13.6. The number of hydrogen-bond acceptors (Lipinski definition) is 4. The highest BCUT2D eigenvalue weighted by Crippen LogP contribution is 2.25. The van der Waals surface area contributed by atoms with Gasteiger partial charge in [0.15, 0.2) is 11.6 Å². The van der Waals surface area contributed by atoms with Crippen LogP contribution in [0.5, 0.6) is 5.75 Å². The molecule has 2 rings (SSSR count). The van der Waals surface area contributed by atoms with Crippen LogP contribution in [0.2, 0.25) is 0 Å². The summed E-state index contributed by atoms with van der Waals surface area (Å²) in [7, 11) is -0.420. The van der Waals surface area contributed by atoms with Crippen molar-refractivity contribution in [2.24, 2.45) is 0 Å². The number of ether oxygens (including phenoxy) is 1. The number of hydrogen-bond donors (Lipinski definition) is 1. The average molecular weight is 339 g/mol. The lowest BCUT2D eigenvalue weighted by Crippen LogP contribution is -2.43. The lowest BCUT2D eigenvalue weighted by atomic mass is 10.1. The van der Waals surface area contributed by atoms with Gasteiger partial charge in [-0.2, -0.15) is 4.31 Å². The molecule has 1 aliphatic rings. The van der Waals surface area contributed by atoms with Gasteiger partial charge in [0.1, 0.15) is 0 Å². The molecular formula is C13H20ClFN2O3S. The molecule has 0 saturated carbocycles. The highest BCUT2D eigenvalue weighted by molar-refractivity contribution is 7.89. The van der Waals surface area contributed by atoms with Gasteiger partial charge in [0, 0.05) is 19.1 Å². The topological polar surface area (TPSA) is 58.6 Å². The van der Waals surface area contributed by atoms with Gasteiger partial charge in [-0.3, -0.25) is 0 Å². The van der Waals surface area contributed by atoms with Crippen LogP contribution in [0.15, 0.2) is 23.1 Å². The first-order valence-corrected chi connectivity index (χ1v) is 7.94. The minimum atomic E-state index is -3.63. The number of halogens is 2. The molecule has 0 amide bonds. The van der Waals surface area contributed by atoms with Crippen molar-refractivity contribution in [2.75, 3.05) is 27.2 Å². The highest BCUT2D eigenvalue weighted by atomic mass is 35.5. The molecule has 1 N–H and O–H groups in total. The van der Waals surface area contributed by atoms with Crippen molar-refractivity contribution in [1.29, 1.82) is 0 Å². The third-order valence-electron chi connectivity index (χ3n) is 3.62. The van der Waals surface area contributed by atoms with Crippen LogP contribution in [-0.2, 0) is 10.0 Å². The summed E-state index contributed by atoms with van der Waals surface area (Å²) >= 11 is 0. The van der Waals surface area contributed by atoms with E-state index in [9.17, 15) is 12.8 Å². The van der Waals surface area contributed by atoms with Crippen LogP contribution in [0, 0.1) is 5.82 Å². The van der Waals surface area contributed by atoms with E-state index < -0.39 is 15.8 Å². The third kappa shape index (κ3) is 3.85. The summed E-state index contributed by atoms with van der Waals surface area (Å²) in [6.45, 7) is 0.892. The predicted octanol–water partition coefficient (Wildman–Crippen LogP) is 1.63. The molecule has 0 aliphatic carbocycles. The monoisotopic (exact) mass is 338 g/mol. The fourth-order valence-corrected chi connectivity index (χ4v) is 3.82. The van der Waals surface area contributed by atoms with Crippen LogP contribution in [0.25, 0.3) is 0 Å². The fraction of sp³-hybridized carbons (Fsp3) is 0.538. The Kier molecular flexibility index (Phi) is 6.40. The number of nitrogens with zero attached hydrogens (tertiary/aromatic N) is 1. The number of nitrogens with one attached hydrogen (secondary N) is 1. The summed E-state index contributed by atoms with van der Waals surface area (Å²) in [4.78, 5) is -0.0290. The first-order valence-electron chi connectivity index (χ1n) is 6.50. The Bertz CT molecular complexity index is 575. The minimum absolute atomic E-state index is 0. The van der Waals surface area contributed by atoms with Crippen LogP contribution in [-0.4, -0.2) is 46.0 Å². The first kappa shape index (κ1) is 18.2. The zero-order valence-electron chi connectivity index (χ0n) is 12.0. The smallest absolute Gasteiger partial charge is 0.243 e. The van der Waals surface area contributed by atoms with Crippen LogP contribution < -0.4 is 10.1 Å². The normalized spacial score (nSPS) is 17.3. The van der Waals surface area contributed by atoms with E-state index in [1.54, 1.807) is 0 Å². The van der Waals surface area contributed by atoms with Crippen molar-refractivity contribution >= 4 is 22.4 Å². The van der Waals surface area contributed by atoms with E-state index in [0.717, 1.165) is 18.9 Å². The summed E-state index contributed by atoms with van der Waals surface area (Å²) in [5.41, 5.74) is 0. The zero-order valence-corrected chi connectivity index (χ0v) is 13.6. The molecule has 0 atom stereocenters. The average Bonchev–Trinajstić information content (AvgIpc) is 2.47. The van der Waals surface area contributed by atoms with Crippen LogP contribution in [0.3, 0.4) is 0 Å². The maximum Gasteiger partial charge on any atom is 0.243 e. The van der Waals surface area contributed by atoms with Gasteiger partial charge in [-0.1, -0.05) is 0 Å². The van der Waals surface area contributed by atoms with Gasteiger partial charge in [-0.05, 0) is 38.1 Å². The molecule has 0 radical (unpaired) electrons. The molecule has 0 aromatic heterocycles. The Balaban J connectivity index is 0.00000220. The summed E-state index contributed by atoms with van der Waals surface area (Å²) in [5, 5.41) is 3.14. The summed E-state index contributed by atoms with van der Waals surface area (Å²) in [6, 6.07) is 4.07. The molecule has 21 heavy (non-hydrogen) atoms. The molecular weight excluding hydrogens is 319 g/mol. The predicted molar refractivity (Wildman–Crippen MR) is 81.0 cm³/mol. The van der Waals surface area contributed by atoms with E-state index in [1.807, 2.05) is 7.05 Å². The second-order valence-electron chi connectivity index (χ2n) is 4.76. The van der Waals surface area contributed by atoms with Crippen molar-refractivity contribution in [1.82, 2.24) is 9.62 Å². The lowest BCUT2D eigenvalue weighted by Gasteiger charge is -2.31. The molecule has 1 aromatic carbocycles. The zero-order chi connectivity index (χ0) is 14.8. The highest BCUT2D eigenvalue weighted by Gasteiger charge is 2.29. The second kappa shape index (κ2) is 7.40. The van der Waals surface area contributed by atoms with Crippen molar-refractivity contribution in [3.8, 4) is 5.75 Å². The summed E-state index contributed by atoms with van der Waals surface area (Å²) in [5.74, 6) is -0.628. The number of methoxy groups -OCH3 is 1. The standard InChI is InChI=1S/C13H19FN2O3S.ClH/c1-15-10-5-7-16(8-6-10)20(17,18)11-3-4-13(19-2)12(14)9-11;/h3-4,9-10,15H,5-8H2,1-2H3;1H. The SMILES string of the molecule is CNC1CCN(S(=O)(=O)c2ccc(OC)c(F)c2)CC1.Cl. The van der Waals surface area contributed by atoms with Crippen molar-refractivity contribution < 1.29 is 17.5 Å². The molecule has 120 valence electrons. The van der Waals surface area contributed by atoms with Crippen molar-refractivity contribution in [3.63, 3.8) is 0 Å². The molecule has 0 bridgehead atoms. The number of piperidine rings is 1. The van der Waals surface area contributed by atoms with Crippen molar-refractivity contribution in [3.05, 3.63) is 24.0 Å². The molecule has 1 aromatic rings. The van der Waals surface area contributed by atoms with Gasteiger partial charge in [0.25, 0.3) is 0 Å². The summed E-state index contributed by atoms with van der Waals surface area (Å²) < 4.78 is 44.7. The molecule has 1 saturated heterocycles. The summed E-state index contributed by atoms with van der Waals surface area (Å²) in [6.07, 6.45) is 1.52. The Morgan fingerprint density at radius 2 is 1.95 bits per heavy atom. The number of rotatable bonds is 4.